The number of amides is 1. The Morgan fingerprint density at radius 1 is 1.50 bits per heavy atom. The van der Waals surface area contributed by atoms with Crippen LogP contribution in [0.3, 0.4) is 0 Å². The Hall–Kier alpha value is -0.610. The number of carbonyl (C=O) groups excluding carboxylic acids is 1. The molecule has 16 heavy (non-hydrogen) atoms. The number of hydrogen-bond acceptors (Lipinski definition) is 3. The number of hydrogen-bond donors (Lipinski definition) is 2. The molecule has 1 aliphatic heterocycles. The van der Waals surface area contributed by atoms with Crippen LogP contribution in [0.5, 0.6) is 0 Å². The lowest BCUT2D eigenvalue weighted by atomic mass is 10.1. The first-order chi connectivity index (χ1) is 7.52. The van der Waals surface area contributed by atoms with E-state index in [1.54, 1.807) is 0 Å². The van der Waals surface area contributed by atoms with Crippen LogP contribution >= 0.6 is 0 Å². The maximum Gasteiger partial charge on any atom is 0.237 e. The van der Waals surface area contributed by atoms with Gasteiger partial charge < -0.3 is 10.6 Å². The fraction of sp³-hybridized carbons (Fsp3) is 0.917. The van der Waals surface area contributed by atoms with Crippen molar-refractivity contribution < 1.29 is 4.79 Å². The molecule has 1 rings (SSSR count). The van der Waals surface area contributed by atoms with Crippen LogP contribution in [0.1, 0.15) is 27.7 Å². The second kappa shape index (κ2) is 6.21. The van der Waals surface area contributed by atoms with Crippen LogP contribution in [0.25, 0.3) is 0 Å². The Morgan fingerprint density at radius 2 is 2.19 bits per heavy atom. The average molecular weight is 227 g/mol. The van der Waals surface area contributed by atoms with Gasteiger partial charge in [0.05, 0.1) is 6.04 Å². The topological polar surface area (TPSA) is 44.4 Å². The summed E-state index contributed by atoms with van der Waals surface area (Å²) in [5.41, 5.74) is 0. The van der Waals surface area contributed by atoms with Crippen molar-refractivity contribution in [3.05, 3.63) is 0 Å². The minimum absolute atomic E-state index is 0.0177. The molecule has 0 aromatic heterocycles. The second-order valence-electron chi connectivity index (χ2n) is 5.11. The maximum atomic E-state index is 11.9. The predicted molar refractivity (Wildman–Crippen MR) is 66.3 cm³/mol. The monoisotopic (exact) mass is 227 g/mol. The zero-order chi connectivity index (χ0) is 12.1. The van der Waals surface area contributed by atoms with Gasteiger partial charge in [-0.25, -0.2) is 0 Å². The molecule has 2 atom stereocenters. The van der Waals surface area contributed by atoms with Crippen molar-refractivity contribution in [1.29, 1.82) is 0 Å². The number of nitrogens with one attached hydrogen (secondary N) is 2. The maximum absolute atomic E-state index is 11.9. The van der Waals surface area contributed by atoms with Crippen LogP contribution < -0.4 is 10.6 Å². The second-order valence-corrected chi connectivity index (χ2v) is 5.11. The molecule has 0 aromatic carbocycles. The van der Waals surface area contributed by atoms with Crippen molar-refractivity contribution in [2.45, 2.75) is 39.8 Å². The largest absolute Gasteiger partial charge is 0.354 e. The molecule has 4 heteroatoms. The van der Waals surface area contributed by atoms with Gasteiger partial charge in [-0.15, -0.1) is 0 Å². The highest BCUT2D eigenvalue weighted by Crippen LogP contribution is 2.08. The first-order valence-corrected chi connectivity index (χ1v) is 6.26. The molecule has 2 N–H and O–H groups in total. The van der Waals surface area contributed by atoms with E-state index >= 15 is 0 Å². The van der Waals surface area contributed by atoms with Gasteiger partial charge in [0.25, 0.3) is 0 Å². The molecule has 0 spiro atoms. The molecule has 0 aliphatic carbocycles. The summed E-state index contributed by atoms with van der Waals surface area (Å²) in [6.45, 7) is 12.1. The minimum atomic E-state index is -0.0177. The Bertz CT molecular complexity index is 230. The summed E-state index contributed by atoms with van der Waals surface area (Å²) >= 11 is 0. The minimum Gasteiger partial charge on any atom is -0.354 e. The molecule has 4 nitrogen and oxygen atoms in total. The molecule has 1 saturated heterocycles. The van der Waals surface area contributed by atoms with E-state index in [0.29, 0.717) is 12.0 Å². The van der Waals surface area contributed by atoms with Crippen molar-refractivity contribution >= 4 is 5.91 Å². The van der Waals surface area contributed by atoms with Crippen molar-refractivity contribution in [3.63, 3.8) is 0 Å². The molecule has 1 amide bonds. The predicted octanol–water partition coefficient (Wildman–Crippen LogP) is 0.441. The SMILES string of the molecule is CC(C)CNC(=O)C(C)N1CCNC[C@@H]1C. The summed E-state index contributed by atoms with van der Waals surface area (Å²) in [6.07, 6.45) is 0. The van der Waals surface area contributed by atoms with Crippen LogP contribution in [0.15, 0.2) is 0 Å². The van der Waals surface area contributed by atoms with E-state index in [1.807, 2.05) is 6.92 Å². The number of rotatable bonds is 4. The van der Waals surface area contributed by atoms with E-state index < -0.39 is 0 Å². The standard InChI is InChI=1S/C12H25N3O/c1-9(2)7-14-12(16)11(4)15-6-5-13-8-10(15)3/h9-11,13H,5-8H2,1-4H3,(H,14,16)/t10-,11?/m0/s1. The smallest absolute Gasteiger partial charge is 0.237 e. The fourth-order valence-corrected chi connectivity index (χ4v) is 2.04. The van der Waals surface area contributed by atoms with Gasteiger partial charge in [0.1, 0.15) is 0 Å². The quantitative estimate of drug-likeness (QED) is 0.732. The molecule has 1 fully saturated rings. The molecule has 0 bridgehead atoms. The Labute approximate surface area is 98.8 Å². The van der Waals surface area contributed by atoms with Gasteiger partial charge in [-0.3, -0.25) is 9.69 Å². The number of piperazine rings is 1. The summed E-state index contributed by atoms with van der Waals surface area (Å²) in [6, 6.07) is 0.421. The highest BCUT2D eigenvalue weighted by Gasteiger charge is 2.27. The third kappa shape index (κ3) is 3.76. The van der Waals surface area contributed by atoms with Gasteiger partial charge in [0, 0.05) is 32.2 Å². The van der Waals surface area contributed by atoms with Crippen molar-refractivity contribution in [2.24, 2.45) is 5.92 Å². The normalized spacial score (nSPS) is 24.4. The third-order valence-corrected chi connectivity index (χ3v) is 3.11. The lowest BCUT2D eigenvalue weighted by molar-refractivity contribution is -0.127. The van der Waals surface area contributed by atoms with Gasteiger partial charge in [-0.2, -0.15) is 0 Å². The number of carbonyl (C=O) groups is 1. The van der Waals surface area contributed by atoms with Crippen LogP contribution in [0.4, 0.5) is 0 Å². The van der Waals surface area contributed by atoms with Gasteiger partial charge in [-0.1, -0.05) is 13.8 Å². The van der Waals surface area contributed by atoms with E-state index in [-0.39, 0.29) is 11.9 Å². The van der Waals surface area contributed by atoms with Crippen LogP contribution in [-0.4, -0.2) is 49.1 Å². The van der Waals surface area contributed by atoms with E-state index in [9.17, 15) is 4.79 Å². The molecule has 0 aromatic rings. The van der Waals surface area contributed by atoms with Gasteiger partial charge >= 0.3 is 0 Å². The molecule has 1 heterocycles. The first kappa shape index (κ1) is 13.5. The highest BCUT2D eigenvalue weighted by atomic mass is 16.2. The average Bonchev–Trinajstić information content (AvgIpc) is 2.25. The molecular formula is C12H25N3O. The van der Waals surface area contributed by atoms with Crippen LogP contribution in [0.2, 0.25) is 0 Å². The summed E-state index contributed by atoms with van der Waals surface area (Å²) in [7, 11) is 0. The first-order valence-electron chi connectivity index (χ1n) is 6.26. The third-order valence-electron chi connectivity index (χ3n) is 3.11. The van der Waals surface area contributed by atoms with Crippen LogP contribution in [0, 0.1) is 5.92 Å². The van der Waals surface area contributed by atoms with Gasteiger partial charge in [0.15, 0.2) is 0 Å². The van der Waals surface area contributed by atoms with Crippen molar-refractivity contribution in [2.75, 3.05) is 26.2 Å². The van der Waals surface area contributed by atoms with E-state index in [4.69, 9.17) is 0 Å². The van der Waals surface area contributed by atoms with E-state index in [1.165, 1.54) is 0 Å². The molecule has 0 saturated carbocycles. The van der Waals surface area contributed by atoms with Crippen molar-refractivity contribution in [3.8, 4) is 0 Å². The molecule has 1 aliphatic rings. The fourth-order valence-electron chi connectivity index (χ4n) is 2.04. The number of nitrogens with zero attached hydrogens (tertiary/aromatic N) is 1. The van der Waals surface area contributed by atoms with E-state index in [0.717, 1.165) is 26.2 Å². The Morgan fingerprint density at radius 3 is 2.75 bits per heavy atom. The van der Waals surface area contributed by atoms with Crippen molar-refractivity contribution in [1.82, 2.24) is 15.5 Å². The Balaban J connectivity index is 2.42. The molecular weight excluding hydrogens is 202 g/mol. The van der Waals surface area contributed by atoms with Gasteiger partial charge in [-0.05, 0) is 19.8 Å². The van der Waals surface area contributed by atoms with Gasteiger partial charge in [0.2, 0.25) is 5.91 Å². The Kier molecular flexibility index (Phi) is 5.22. The lowest BCUT2D eigenvalue weighted by Gasteiger charge is -2.37. The molecule has 94 valence electrons. The molecule has 1 unspecified atom stereocenters. The zero-order valence-corrected chi connectivity index (χ0v) is 10.9. The van der Waals surface area contributed by atoms with Crippen LogP contribution in [-0.2, 0) is 4.79 Å². The highest BCUT2D eigenvalue weighted by molar-refractivity contribution is 5.81. The van der Waals surface area contributed by atoms with E-state index in [2.05, 4.69) is 36.3 Å². The molecule has 0 radical (unpaired) electrons. The summed E-state index contributed by atoms with van der Waals surface area (Å²) < 4.78 is 0. The zero-order valence-electron chi connectivity index (χ0n) is 10.9. The summed E-state index contributed by atoms with van der Waals surface area (Å²) in [5.74, 6) is 0.666. The lowest BCUT2D eigenvalue weighted by Crippen LogP contribution is -2.57. The summed E-state index contributed by atoms with van der Waals surface area (Å²) in [4.78, 5) is 14.2. The summed E-state index contributed by atoms with van der Waals surface area (Å²) in [5, 5.41) is 6.33.